The van der Waals surface area contributed by atoms with Crippen molar-refractivity contribution in [2.45, 2.75) is 26.2 Å². The second-order valence-corrected chi connectivity index (χ2v) is 4.67. The van der Waals surface area contributed by atoms with Crippen molar-refractivity contribution in [3.63, 3.8) is 0 Å². The van der Waals surface area contributed by atoms with Gasteiger partial charge in [-0.15, -0.1) is 0 Å². The summed E-state index contributed by atoms with van der Waals surface area (Å²) in [5.41, 5.74) is 1.79. The van der Waals surface area contributed by atoms with Crippen molar-refractivity contribution in [1.82, 2.24) is 4.98 Å². The molecule has 0 N–H and O–H groups in total. The van der Waals surface area contributed by atoms with Crippen LogP contribution in [0.1, 0.15) is 35.7 Å². The summed E-state index contributed by atoms with van der Waals surface area (Å²) in [5, 5.41) is 0. The Morgan fingerprint density at radius 3 is 2.75 bits per heavy atom. The fourth-order valence-electron chi connectivity index (χ4n) is 1.92. The van der Waals surface area contributed by atoms with Crippen LogP contribution in [0.5, 0.6) is 5.75 Å². The SMILES string of the molecule is CCCOc1cncc(C(=O)CCc2ccccc2)c1. The molecule has 0 radical (unpaired) electrons. The molecule has 0 atom stereocenters. The third kappa shape index (κ3) is 4.19. The number of hydrogen-bond donors (Lipinski definition) is 0. The number of ketones is 1. The van der Waals surface area contributed by atoms with E-state index < -0.39 is 0 Å². The summed E-state index contributed by atoms with van der Waals surface area (Å²) in [5.74, 6) is 0.765. The third-order valence-corrected chi connectivity index (χ3v) is 2.99. The van der Waals surface area contributed by atoms with Crippen LogP contribution in [0, 0.1) is 0 Å². The summed E-state index contributed by atoms with van der Waals surface area (Å²) in [7, 11) is 0. The molecule has 0 aliphatic heterocycles. The molecular formula is C17H19NO2. The number of carbonyl (C=O) groups excluding carboxylic acids is 1. The summed E-state index contributed by atoms with van der Waals surface area (Å²) in [6.45, 7) is 2.69. The molecule has 0 amide bonds. The fourth-order valence-corrected chi connectivity index (χ4v) is 1.92. The number of nitrogens with zero attached hydrogens (tertiary/aromatic N) is 1. The van der Waals surface area contributed by atoms with Crippen molar-refractivity contribution in [2.24, 2.45) is 0 Å². The Balaban J connectivity index is 1.95. The monoisotopic (exact) mass is 269 g/mol. The zero-order valence-electron chi connectivity index (χ0n) is 11.7. The van der Waals surface area contributed by atoms with Gasteiger partial charge in [0.2, 0.25) is 0 Å². The first kappa shape index (κ1) is 14.3. The Kier molecular flexibility index (Phi) is 5.30. The van der Waals surface area contributed by atoms with E-state index in [0.717, 1.165) is 12.8 Å². The maximum Gasteiger partial charge on any atom is 0.164 e. The standard InChI is InChI=1S/C17H19NO2/c1-2-10-20-16-11-15(12-18-13-16)17(19)9-8-14-6-4-3-5-7-14/h3-7,11-13H,2,8-10H2,1H3. The lowest BCUT2D eigenvalue weighted by Gasteiger charge is -2.06. The minimum atomic E-state index is 0.100. The van der Waals surface area contributed by atoms with Crippen LogP contribution in [0.3, 0.4) is 0 Å². The second kappa shape index (κ2) is 7.43. The number of rotatable bonds is 7. The molecule has 0 saturated carbocycles. The molecule has 0 unspecified atom stereocenters. The average Bonchev–Trinajstić information content (AvgIpc) is 2.52. The molecule has 2 rings (SSSR count). The van der Waals surface area contributed by atoms with Crippen LogP contribution in [-0.4, -0.2) is 17.4 Å². The van der Waals surface area contributed by atoms with Crippen molar-refractivity contribution in [3.8, 4) is 5.75 Å². The van der Waals surface area contributed by atoms with Gasteiger partial charge in [0.05, 0.1) is 12.8 Å². The molecule has 0 spiro atoms. The topological polar surface area (TPSA) is 39.2 Å². The van der Waals surface area contributed by atoms with Crippen LogP contribution in [0.2, 0.25) is 0 Å². The fraction of sp³-hybridized carbons (Fsp3) is 0.294. The van der Waals surface area contributed by atoms with Gasteiger partial charge in [0.1, 0.15) is 5.75 Å². The van der Waals surface area contributed by atoms with Crippen molar-refractivity contribution in [1.29, 1.82) is 0 Å². The molecule has 1 aromatic carbocycles. The number of aryl methyl sites for hydroxylation is 1. The van der Waals surface area contributed by atoms with Crippen LogP contribution in [-0.2, 0) is 6.42 Å². The summed E-state index contributed by atoms with van der Waals surface area (Å²) < 4.78 is 5.49. The molecule has 2 aromatic rings. The third-order valence-electron chi connectivity index (χ3n) is 2.99. The number of aromatic nitrogens is 1. The highest BCUT2D eigenvalue weighted by molar-refractivity contribution is 5.96. The van der Waals surface area contributed by atoms with Gasteiger partial charge in [0, 0.05) is 18.2 Å². The summed E-state index contributed by atoms with van der Waals surface area (Å²) in [6.07, 6.45) is 5.42. The molecule has 3 nitrogen and oxygen atoms in total. The number of carbonyl (C=O) groups is 1. The van der Waals surface area contributed by atoms with Gasteiger partial charge < -0.3 is 4.74 Å². The Bertz CT molecular complexity index is 552. The Labute approximate surface area is 119 Å². The lowest BCUT2D eigenvalue weighted by atomic mass is 10.0. The Hall–Kier alpha value is -2.16. The van der Waals surface area contributed by atoms with Gasteiger partial charge >= 0.3 is 0 Å². The predicted molar refractivity (Wildman–Crippen MR) is 79.1 cm³/mol. The van der Waals surface area contributed by atoms with E-state index in [-0.39, 0.29) is 5.78 Å². The van der Waals surface area contributed by atoms with Gasteiger partial charge in [-0.05, 0) is 24.5 Å². The maximum atomic E-state index is 12.1. The summed E-state index contributed by atoms with van der Waals surface area (Å²) >= 11 is 0. The van der Waals surface area contributed by atoms with Gasteiger partial charge in [-0.2, -0.15) is 0 Å². The van der Waals surface area contributed by atoms with Gasteiger partial charge in [0.15, 0.2) is 5.78 Å². The lowest BCUT2D eigenvalue weighted by Crippen LogP contribution is -2.03. The van der Waals surface area contributed by atoms with Crippen LogP contribution >= 0.6 is 0 Å². The number of ether oxygens (including phenoxy) is 1. The van der Waals surface area contributed by atoms with Crippen LogP contribution in [0.15, 0.2) is 48.8 Å². The number of pyridine rings is 1. The average molecular weight is 269 g/mol. The largest absolute Gasteiger partial charge is 0.492 e. The quantitative estimate of drug-likeness (QED) is 0.720. The molecule has 0 aliphatic carbocycles. The number of hydrogen-bond acceptors (Lipinski definition) is 3. The smallest absolute Gasteiger partial charge is 0.164 e. The molecule has 20 heavy (non-hydrogen) atoms. The van der Waals surface area contributed by atoms with Crippen LogP contribution in [0.25, 0.3) is 0 Å². The number of Topliss-reactive ketones (excluding diaryl/α,β-unsaturated/α-hetero) is 1. The van der Waals surface area contributed by atoms with Crippen molar-refractivity contribution in [3.05, 3.63) is 59.9 Å². The van der Waals surface area contributed by atoms with E-state index in [9.17, 15) is 4.79 Å². The van der Waals surface area contributed by atoms with E-state index in [1.807, 2.05) is 37.3 Å². The van der Waals surface area contributed by atoms with Crippen molar-refractivity contribution in [2.75, 3.05) is 6.61 Å². The predicted octanol–water partition coefficient (Wildman–Crippen LogP) is 3.69. The molecule has 1 aromatic heterocycles. The molecule has 1 heterocycles. The summed E-state index contributed by atoms with van der Waals surface area (Å²) in [4.78, 5) is 16.2. The molecule has 0 fully saturated rings. The molecule has 104 valence electrons. The van der Waals surface area contributed by atoms with Crippen molar-refractivity contribution >= 4 is 5.78 Å². The first-order chi connectivity index (χ1) is 9.79. The Morgan fingerprint density at radius 1 is 1.20 bits per heavy atom. The van der Waals surface area contributed by atoms with E-state index in [0.29, 0.717) is 24.3 Å². The van der Waals surface area contributed by atoms with E-state index in [2.05, 4.69) is 4.98 Å². The molecular weight excluding hydrogens is 250 g/mol. The maximum absolute atomic E-state index is 12.1. The van der Waals surface area contributed by atoms with Crippen molar-refractivity contribution < 1.29 is 9.53 Å². The van der Waals surface area contributed by atoms with Crippen LogP contribution in [0.4, 0.5) is 0 Å². The van der Waals surface area contributed by atoms with Gasteiger partial charge in [-0.3, -0.25) is 9.78 Å². The first-order valence-electron chi connectivity index (χ1n) is 6.94. The molecule has 3 heteroatoms. The van der Waals surface area contributed by atoms with E-state index in [1.165, 1.54) is 5.56 Å². The molecule has 0 bridgehead atoms. The van der Waals surface area contributed by atoms with E-state index in [4.69, 9.17) is 4.74 Å². The zero-order chi connectivity index (χ0) is 14.2. The molecule has 0 aliphatic rings. The Morgan fingerprint density at radius 2 is 2.00 bits per heavy atom. The van der Waals surface area contributed by atoms with Gasteiger partial charge in [-0.1, -0.05) is 37.3 Å². The summed E-state index contributed by atoms with van der Waals surface area (Å²) in [6, 6.07) is 11.8. The molecule has 0 saturated heterocycles. The highest BCUT2D eigenvalue weighted by Gasteiger charge is 2.08. The van der Waals surface area contributed by atoms with Gasteiger partial charge in [-0.25, -0.2) is 0 Å². The highest BCUT2D eigenvalue weighted by atomic mass is 16.5. The first-order valence-corrected chi connectivity index (χ1v) is 6.94. The minimum Gasteiger partial charge on any atom is -0.492 e. The van der Waals surface area contributed by atoms with Crippen LogP contribution < -0.4 is 4.74 Å². The van der Waals surface area contributed by atoms with E-state index >= 15 is 0 Å². The van der Waals surface area contributed by atoms with E-state index in [1.54, 1.807) is 18.5 Å². The number of benzene rings is 1. The second-order valence-electron chi connectivity index (χ2n) is 4.67. The minimum absolute atomic E-state index is 0.100. The lowest BCUT2D eigenvalue weighted by molar-refractivity contribution is 0.0982. The normalized spacial score (nSPS) is 10.2. The van der Waals surface area contributed by atoms with Gasteiger partial charge in [0.25, 0.3) is 0 Å². The zero-order valence-corrected chi connectivity index (χ0v) is 11.7. The highest BCUT2D eigenvalue weighted by Crippen LogP contribution is 2.14.